The van der Waals surface area contributed by atoms with Gasteiger partial charge in [-0.1, -0.05) is 18.2 Å². The van der Waals surface area contributed by atoms with E-state index in [9.17, 15) is 22.8 Å². The SMILES string of the molecule is Cc1nnc(-c2c[nH]c(=O)[nH]c2=O)cc1-c1ccn(Cc2ccccc2OC(F)(F)F)c1. The van der Waals surface area contributed by atoms with Crippen LogP contribution < -0.4 is 16.0 Å². The molecule has 0 aliphatic heterocycles. The topological polar surface area (TPSA) is 106 Å². The van der Waals surface area contributed by atoms with Crippen LogP contribution in [0.15, 0.2) is 64.6 Å². The van der Waals surface area contributed by atoms with Crippen molar-refractivity contribution in [3.05, 3.63) is 87.1 Å². The van der Waals surface area contributed by atoms with Crippen LogP contribution in [0, 0.1) is 6.92 Å². The number of aromatic nitrogens is 5. The summed E-state index contributed by atoms with van der Waals surface area (Å²) in [6.07, 6.45) is -0.0674. The maximum absolute atomic E-state index is 12.7. The number of aromatic amines is 2. The molecule has 0 radical (unpaired) electrons. The maximum atomic E-state index is 12.7. The molecule has 2 N–H and O–H groups in total. The smallest absolute Gasteiger partial charge is 0.405 e. The summed E-state index contributed by atoms with van der Waals surface area (Å²) < 4.78 is 43.8. The molecule has 3 aromatic heterocycles. The van der Waals surface area contributed by atoms with Gasteiger partial charge in [-0.15, -0.1) is 18.3 Å². The van der Waals surface area contributed by atoms with E-state index in [1.165, 1.54) is 18.3 Å². The standard InChI is InChI=1S/C21H16F3N5O3/c1-12-15(8-17(28-27-12)16-9-25-20(31)26-19(16)30)13-6-7-29(10-13)11-14-4-2-3-5-18(14)32-21(22,23)24/h2-10H,11H2,1H3,(H2,25,26,30,31). The third-order valence-electron chi connectivity index (χ3n) is 4.69. The number of H-pyrrole nitrogens is 2. The molecule has 0 unspecified atom stereocenters. The van der Waals surface area contributed by atoms with Crippen LogP contribution in [0.2, 0.25) is 0 Å². The van der Waals surface area contributed by atoms with Crippen molar-refractivity contribution in [1.29, 1.82) is 0 Å². The van der Waals surface area contributed by atoms with E-state index in [0.717, 1.165) is 5.56 Å². The van der Waals surface area contributed by atoms with Crippen LogP contribution in [0.3, 0.4) is 0 Å². The summed E-state index contributed by atoms with van der Waals surface area (Å²) >= 11 is 0. The first-order valence-corrected chi connectivity index (χ1v) is 9.36. The quantitative estimate of drug-likeness (QED) is 0.493. The Kier molecular flexibility index (Phi) is 5.39. The van der Waals surface area contributed by atoms with Crippen LogP contribution in [0.5, 0.6) is 5.75 Å². The summed E-state index contributed by atoms with van der Waals surface area (Å²) in [5.41, 5.74) is 1.54. The van der Waals surface area contributed by atoms with Crippen molar-refractivity contribution in [2.24, 2.45) is 0 Å². The number of halogens is 3. The molecule has 11 heteroatoms. The number of rotatable bonds is 5. The van der Waals surface area contributed by atoms with E-state index in [1.54, 1.807) is 48.1 Å². The molecule has 0 amide bonds. The Morgan fingerprint density at radius 3 is 2.62 bits per heavy atom. The van der Waals surface area contributed by atoms with E-state index in [-0.39, 0.29) is 23.6 Å². The van der Waals surface area contributed by atoms with E-state index in [0.29, 0.717) is 16.8 Å². The van der Waals surface area contributed by atoms with Gasteiger partial charge in [-0.25, -0.2) is 4.79 Å². The fourth-order valence-electron chi connectivity index (χ4n) is 3.23. The second-order valence-corrected chi connectivity index (χ2v) is 6.94. The van der Waals surface area contributed by atoms with Crippen LogP contribution in [0.25, 0.3) is 22.4 Å². The summed E-state index contributed by atoms with van der Waals surface area (Å²) in [4.78, 5) is 27.8. The minimum atomic E-state index is -4.78. The van der Waals surface area contributed by atoms with Crippen molar-refractivity contribution in [3.63, 3.8) is 0 Å². The Balaban J connectivity index is 1.65. The molecule has 1 aromatic carbocycles. The molecule has 0 spiro atoms. The molecule has 4 aromatic rings. The number of ether oxygens (including phenoxy) is 1. The maximum Gasteiger partial charge on any atom is 0.573 e. The summed E-state index contributed by atoms with van der Waals surface area (Å²) in [6, 6.07) is 9.36. The summed E-state index contributed by atoms with van der Waals surface area (Å²) in [7, 11) is 0. The largest absolute Gasteiger partial charge is 0.573 e. The van der Waals surface area contributed by atoms with Crippen LogP contribution >= 0.6 is 0 Å². The number of benzene rings is 1. The van der Waals surface area contributed by atoms with Crippen LogP contribution in [0.1, 0.15) is 11.3 Å². The number of hydrogen-bond acceptors (Lipinski definition) is 5. The molecular formula is C21H16F3N5O3. The monoisotopic (exact) mass is 443 g/mol. The average molecular weight is 443 g/mol. The zero-order chi connectivity index (χ0) is 22.9. The van der Waals surface area contributed by atoms with Gasteiger partial charge in [0.05, 0.1) is 17.8 Å². The van der Waals surface area contributed by atoms with E-state index >= 15 is 0 Å². The van der Waals surface area contributed by atoms with Gasteiger partial charge in [0.25, 0.3) is 5.56 Å². The lowest BCUT2D eigenvalue weighted by molar-refractivity contribution is -0.274. The lowest BCUT2D eigenvalue weighted by atomic mass is 10.1. The number of nitrogens with zero attached hydrogens (tertiary/aromatic N) is 3. The molecule has 0 atom stereocenters. The molecule has 0 saturated heterocycles. The molecule has 32 heavy (non-hydrogen) atoms. The van der Waals surface area contributed by atoms with E-state index in [1.807, 2.05) is 0 Å². The minimum absolute atomic E-state index is 0.149. The highest BCUT2D eigenvalue weighted by Crippen LogP contribution is 2.29. The van der Waals surface area contributed by atoms with Gasteiger partial charge >= 0.3 is 12.1 Å². The third kappa shape index (κ3) is 4.61. The van der Waals surface area contributed by atoms with Gasteiger partial charge in [-0.05, 0) is 25.1 Å². The Hall–Kier alpha value is -4.15. The Bertz CT molecular complexity index is 1390. The van der Waals surface area contributed by atoms with E-state index in [4.69, 9.17) is 0 Å². The first-order valence-electron chi connectivity index (χ1n) is 9.36. The highest BCUT2D eigenvalue weighted by atomic mass is 19.4. The first kappa shape index (κ1) is 21.1. The zero-order valence-corrected chi connectivity index (χ0v) is 16.6. The normalized spacial score (nSPS) is 11.5. The molecule has 0 fully saturated rings. The molecule has 164 valence electrons. The summed E-state index contributed by atoms with van der Waals surface area (Å²) in [6.45, 7) is 1.89. The minimum Gasteiger partial charge on any atom is -0.405 e. The van der Waals surface area contributed by atoms with Crippen molar-refractivity contribution in [3.8, 4) is 28.1 Å². The van der Waals surface area contributed by atoms with Gasteiger partial charge in [0.15, 0.2) is 0 Å². The number of alkyl halides is 3. The van der Waals surface area contributed by atoms with Crippen LogP contribution in [0.4, 0.5) is 13.2 Å². The van der Waals surface area contributed by atoms with E-state index in [2.05, 4.69) is 24.9 Å². The first-order chi connectivity index (χ1) is 15.2. The van der Waals surface area contributed by atoms with Crippen molar-refractivity contribution in [1.82, 2.24) is 24.7 Å². The zero-order valence-electron chi connectivity index (χ0n) is 16.6. The molecule has 0 aliphatic carbocycles. The van der Waals surface area contributed by atoms with Crippen molar-refractivity contribution >= 4 is 0 Å². The number of aryl methyl sites for hydroxylation is 1. The van der Waals surface area contributed by atoms with Crippen molar-refractivity contribution in [2.45, 2.75) is 19.8 Å². The Morgan fingerprint density at radius 2 is 1.88 bits per heavy atom. The molecule has 0 bridgehead atoms. The fourth-order valence-corrected chi connectivity index (χ4v) is 3.23. The van der Waals surface area contributed by atoms with Crippen LogP contribution in [-0.4, -0.2) is 31.1 Å². The number of para-hydroxylation sites is 1. The highest BCUT2D eigenvalue weighted by Gasteiger charge is 2.32. The second kappa shape index (κ2) is 8.17. The lowest BCUT2D eigenvalue weighted by Crippen LogP contribution is -2.22. The summed E-state index contributed by atoms with van der Waals surface area (Å²) in [5.74, 6) is -0.267. The van der Waals surface area contributed by atoms with Crippen molar-refractivity contribution < 1.29 is 17.9 Å². The molecule has 4 rings (SSSR count). The molecular weight excluding hydrogens is 427 g/mol. The van der Waals surface area contributed by atoms with Gasteiger partial charge in [0, 0.05) is 35.3 Å². The summed E-state index contributed by atoms with van der Waals surface area (Å²) in [5, 5.41) is 8.12. The van der Waals surface area contributed by atoms with Gasteiger partial charge < -0.3 is 14.3 Å². The Morgan fingerprint density at radius 1 is 1.09 bits per heavy atom. The van der Waals surface area contributed by atoms with Gasteiger partial charge in [0.1, 0.15) is 11.4 Å². The van der Waals surface area contributed by atoms with Gasteiger partial charge in [0.2, 0.25) is 0 Å². The fraction of sp³-hybridized carbons (Fsp3) is 0.143. The predicted molar refractivity (Wildman–Crippen MR) is 109 cm³/mol. The number of nitrogens with one attached hydrogen (secondary N) is 2. The third-order valence-corrected chi connectivity index (χ3v) is 4.69. The van der Waals surface area contributed by atoms with Crippen LogP contribution in [-0.2, 0) is 6.54 Å². The lowest BCUT2D eigenvalue weighted by Gasteiger charge is -2.13. The number of hydrogen-bond donors (Lipinski definition) is 2. The highest BCUT2D eigenvalue weighted by molar-refractivity contribution is 5.70. The molecule has 0 aliphatic rings. The molecule has 0 saturated carbocycles. The average Bonchev–Trinajstić information content (AvgIpc) is 3.17. The van der Waals surface area contributed by atoms with Gasteiger partial charge in [-0.2, -0.15) is 5.10 Å². The molecule has 3 heterocycles. The molecule has 8 nitrogen and oxygen atoms in total. The second-order valence-electron chi connectivity index (χ2n) is 6.94. The predicted octanol–water partition coefficient (Wildman–Crippen LogP) is 3.24. The van der Waals surface area contributed by atoms with Gasteiger partial charge in [-0.3, -0.25) is 9.78 Å². The van der Waals surface area contributed by atoms with Crippen molar-refractivity contribution in [2.75, 3.05) is 0 Å². The van der Waals surface area contributed by atoms with E-state index < -0.39 is 17.6 Å². The Labute approximate surface area is 178 Å².